The Kier molecular flexibility index (Phi) is 6.57. The third kappa shape index (κ3) is 5.35. The summed E-state index contributed by atoms with van der Waals surface area (Å²) in [6.45, 7) is 2.73. The van der Waals surface area contributed by atoms with Gasteiger partial charge < -0.3 is 14.4 Å². The molecular weight excluding hydrogens is 318 g/mol. The van der Waals surface area contributed by atoms with Gasteiger partial charge in [-0.3, -0.25) is 9.59 Å². The lowest BCUT2D eigenvalue weighted by Gasteiger charge is -2.23. The molecule has 0 fully saturated rings. The van der Waals surface area contributed by atoms with Crippen molar-refractivity contribution in [2.45, 2.75) is 19.9 Å². The highest BCUT2D eigenvalue weighted by Gasteiger charge is 2.18. The average Bonchev–Trinajstić information content (AvgIpc) is 2.65. The van der Waals surface area contributed by atoms with Gasteiger partial charge in [-0.2, -0.15) is 0 Å². The lowest BCUT2D eigenvalue weighted by atomic mass is 10.1. The fraction of sp³-hybridized carbons (Fsp3) is 0.300. The minimum atomic E-state index is -0.340. The van der Waals surface area contributed by atoms with E-state index in [0.29, 0.717) is 17.9 Å². The van der Waals surface area contributed by atoms with E-state index in [1.807, 2.05) is 31.2 Å². The summed E-state index contributed by atoms with van der Waals surface area (Å²) in [6, 6.07) is 15.0. The van der Waals surface area contributed by atoms with Gasteiger partial charge in [0, 0.05) is 18.7 Å². The first-order chi connectivity index (χ1) is 12.0. The average molecular weight is 341 g/mol. The van der Waals surface area contributed by atoms with Crippen LogP contribution in [0, 0.1) is 6.92 Å². The van der Waals surface area contributed by atoms with Crippen molar-refractivity contribution < 1.29 is 19.1 Å². The van der Waals surface area contributed by atoms with Crippen LogP contribution < -0.4 is 4.74 Å². The Morgan fingerprint density at radius 2 is 1.76 bits per heavy atom. The molecule has 5 nitrogen and oxygen atoms in total. The van der Waals surface area contributed by atoms with Crippen molar-refractivity contribution >= 4 is 11.9 Å². The lowest BCUT2D eigenvalue weighted by molar-refractivity contribution is -0.140. The molecule has 0 radical (unpaired) electrons. The van der Waals surface area contributed by atoms with Gasteiger partial charge in [-0.15, -0.1) is 0 Å². The maximum absolute atomic E-state index is 12.9. The molecule has 0 spiro atoms. The van der Waals surface area contributed by atoms with Gasteiger partial charge in [-0.05, 0) is 30.7 Å². The first kappa shape index (κ1) is 18.5. The normalized spacial score (nSPS) is 10.2. The van der Waals surface area contributed by atoms with E-state index in [0.717, 1.165) is 11.1 Å². The fourth-order valence-corrected chi connectivity index (χ4v) is 2.43. The number of nitrogens with zero attached hydrogens (tertiary/aromatic N) is 1. The van der Waals surface area contributed by atoms with Crippen LogP contribution in [0.4, 0.5) is 0 Å². The SMILES string of the molecule is COC(=O)CCN(Cc1ccc(C)cc1)C(=O)c1cccc(OC)c1. The Bertz CT molecular complexity index is 725. The number of esters is 1. The number of amides is 1. The molecule has 0 unspecified atom stereocenters. The van der Waals surface area contributed by atoms with Gasteiger partial charge in [-0.25, -0.2) is 0 Å². The number of hydrogen-bond acceptors (Lipinski definition) is 4. The molecule has 0 saturated carbocycles. The second-order valence-electron chi connectivity index (χ2n) is 5.77. The summed E-state index contributed by atoms with van der Waals surface area (Å²) in [5, 5.41) is 0. The zero-order valence-corrected chi connectivity index (χ0v) is 14.8. The maximum atomic E-state index is 12.9. The summed E-state index contributed by atoms with van der Waals surface area (Å²) in [5.41, 5.74) is 2.69. The molecule has 0 aromatic heterocycles. The largest absolute Gasteiger partial charge is 0.497 e. The van der Waals surface area contributed by atoms with Gasteiger partial charge in [0.1, 0.15) is 5.75 Å². The Morgan fingerprint density at radius 1 is 1.04 bits per heavy atom. The van der Waals surface area contributed by atoms with Gasteiger partial charge >= 0.3 is 5.97 Å². The van der Waals surface area contributed by atoms with Crippen molar-refractivity contribution in [2.24, 2.45) is 0 Å². The number of carbonyl (C=O) groups is 2. The molecule has 0 heterocycles. The topological polar surface area (TPSA) is 55.8 Å². The summed E-state index contributed by atoms with van der Waals surface area (Å²) < 4.78 is 9.88. The number of rotatable bonds is 7. The van der Waals surface area contributed by atoms with Crippen molar-refractivity contribution in [3.05, 3.63) is 65.2 Å². The van der Waals surface area contributed by atoms with Crippen molar-refractivity contribution in [3.63, 3.8) is 0 Å². The fourth-order valence-electron chi connectivity index (χ4n) is 2.43. The summed E-state index contributed by atoms with van der Waals surface area (Å²) in [6.07, 6.45) is 0.151. The molecule has 25 heavy (non-hydrogen) atoms. The van der Waals surface area contributed by atoms with Crippen molar-refractivity contribution in [1.29, 1.82) is 0 Å². The monoisotopic (exact) mass is 341 g/mol. The third-order valence-electron chi connectivity index (χ3n) is 3.91. The molecular formula is C20H23NO4. The second kappa shape index (κ2) is 8.87. The molecule has 2 rings (SSSR count). The number of carbonyl (C=O) groups excluding carboxylic acids is 2. The molecule has 0 bridgehead atoms. The number of aryl methyl sites for hydroxylation is 1. The maximum Gasteiger partial charge on any atom is 0.307 e. The summed E-state index contributed by atoms with van der Waals surface area (Å²) in [5.74, 6) is 0.129. The molecule has 132 valence electrons. The predicted molar refractivity (Wildman–Crippen MR) is 95.5 cm³/mol. The van der Waals surface area contributed by atoms with Crippen molar-refractivity contribution in [2.75, 3.05) is 20.8 Å². The van der Waals surface area contributed by atoms with E-state index in [4.69, 9.17) is 9.47 Å². The van der Waals surface area contributed by atoms with Crippen molar-refractivity contribution in [3.8, 4) is 5.75 Å². The van der Waals surface area contributed by atoms with E-state index in [-0.39, 0.29) is 24.8 Å². The van der Waals surface area contributed by atoms with Gasteiger partial charge in [0.25, 0.3) is 5.91 Å². The van der Waals surface area contributed by atoms with Crippen LogP contribution in [0.25, 0.3) is 0 Å². The summed E-state index contributed by atoms with van der Waals surface area (Å²) in [4.78, 5) is 26.0. The highest BCUT2D eigenvalue weighted by Crippen LogP contribution is 2.16. The number of ether oxygens (including phenoxy) is 2. The highest BCUT2D eigenvalue weighted by atomic mass is 16.5. The van der Waals surface area contributed by atoms with E-state index >= 15 is 0 Å². The first-order valence-electron chi connectivity index (χ1n) is 8.09. The molecule has 1 amide bonds. The second-order valence-corrected chi connectivity index (χ2v) is 5.77. The van der Waals surface area contributed by atoms with Gasteiger partial charge in [0.05, 0.1) is 20.6 Å². The van der Waals surface area contributed by atoms with E-state index in [1.54, 1.807) is 36.3 Å². The van der Waals surface area contributed by atoms with E-state index in [9.17, 15) is 9.59 Å². The van der Waals surface area contributed by atoms with E-state index in [2.05, 4.69) is 0 Å². The Morgan fingerprint density at radius 3 is 2.40 bits per heavy atom. The zero-order valence-electron chi connectivity index (χ0n) is 14.8. The van der Waals surface area contributed by atoms with Crippen LogP contribution in [0.5, 0.6) is 5.75 Å². The van der Waals surface area contributed by atoms with Gasteiger partial charge in [0.15, 0.2) is 0 Å². The van der Waals surface area contributed by atoms with E-state index < -0.39 is 0 Å². The molecule has 2 aromatic carbocycles. The van der Waals surface area contributed by atoms with Crippen LogP contribution in [0.15, 0.2) is 48.5 Å². The Hall–Kier alpha value is -2.82. The highest BCUT2D eigenvalue weighted by molar-refractivity contribution is 5.94. The van der Waals surface area contributed by atoms with Crippen LogP contribution in [0.1, 0.15) is 27.9 Å². The van der Waals surface area contributed by atoms with Gasteiger partial charge in [-0.1, -0.05) is 35.9 Å². The number of methoxy groups -OCH3 is 2. The molecule has 0 aliphatic rings. The smallest absolute Gasteiger partial charge is 0.307 e. The number of hydrogen-bond donors (Lipinski definition) is 0. The summed E-state index contributed by atoms with van der Waals surface area (Å²) >= 11 is 0. The van der Waals surface area contributed by atoms with Gasteiger partial charge in [0.2, 0.25) is 0 Å². The Labute approximate surface area is 148 Å². The number of benzene rings is 2. The molecule has 0 aliphatic carbocycles. The molecule has 0 atom stereocenters. The van der Waals surface area contributed by atoms with E-state index in [1.165, 1.54) is 7.11 Å². The standard InChI is InChI=1S/C20H23NO4/c1-15-7-9-16(10-8-15)14-21(12-11-19(22)25-3)20(23)17-5-4-6-18(13-17)24-2/h4-10,13H,11-12,14H2,1-3H3. The minimum absolute atomic E-state index is 0.150. The predicted octanol–water partition coefficient (Wildman–Crippen LogP) is 3.21. The van der Waals surface area contributed by atoms with Crippen molar-refractivity contribution in [1.82, 2.24) is 4.90 Å². The van der Waals surface area contributed by atoms with Crippen LogP contribution in [-0.2, 0) is 16.1 Å². The quantitative estimate of drug-likeness (QED) is 0.726. The lowest BCUT2D eigenvalue weighted by Crippen LogP contribution is -2.32. The molecule has 0 aliphatic heterocycles. The van der Waals surface area contributed by atoms with Crippen LogP contribution in [0.2, 0.25) is 0 Å². The summed E-state index contributed by atoms with van der Waals surface area (Å²) in [7, 11) is 2.90. The molecule has 5 heteroatoms. The molecule has 0 saturated heterocycles. The Balaban J connectivity index is 2.20. The van der Waals surface area contributed by atoms with Crippen LogP contribution in [0.3, 0.4) is 0 Å². The van der Waals surface area contributed by atoms with Crippen LogP contribution >= 0.6 is 0 Å². The molecule has 2 aromatic rings. The van der Waals surface area contributed by atoms with Crippen LogP contribution in [-0.4, -0.2) is 37.5 Å². The third-order valence-corrected chi connectivity index (χ3v) is 3.91. The first-order valence-corrected chi connectivity index (χ1v) is 8.09. The minimum Gasteiger partial charge on any atom is -0.497 e. The molecule has 0 N–H and O–H groups in total. The zero-order chi connectivity index (χ0) is 18.2.